The molecule has 2 aromatic rings. The number of nitrogens with one attached hydrogen (secondary N) is 1. The van der Waals surface area contributed by atoms with Crippen LogP contribution in [0.3, 0.4) is 0 Å². The number of carbonyl (C=O) groups is 2. The zero-order valence-corrected chi connectivity index (χ0v) is 24.2. The van der Waals surface area contributed by atoms with Crippen LogP contribution in [0.4, 0.5) is 15.3 Å². The molecule has 1 N–H and O–H groups in total. The molecule has 1 saturated heterocycles. The monoisotopic (exact) mass is 579 g/mol. The van der Waals surface area contributed by atoms with Crippen LogP contribution in [0.25, 0.3) is 0 Å². The van der Waals surface area contributed by atoms with E-state index >= 15 is 0 Å². The van der Waals surface area contributed by atoms with Crippen molar-refractivity contribution in [2.75, 3.05) is 33.4 Å². The number of rotatable bonds is 10. The third-order valence-electron chi connectivity index (χ3n) is 7.52. The number of piperidine rings is 1. The molecule has 1 fully saturated rings. The Hall–Kier alpha value is -4.38. The molecule has 224 valence electrons. The maximum atomic E-state index is 12.8. The van der Waals surface area contributed by atoms with Gasteiger partial charge in [0.1, 0.15) is 17.4 Å². The molecule has 0 bridgehead atoms. The number of dihydropyridines is 1. The minimum absolute atomic E-state index is 0.0893. The molecule has 11 heteroatoms. The van der Waals surface area contributed by atoms with Gasteiger partial charge in [-0.15, -0.1) is 0 Å². The summed E-state index contributed by atoms with van der Waals surface area (Å²) in [5.41, 5.74) is 2.54. The predicted octanol–water partition coefficient (Wildman–Crippen LogP) is 6.03. The maximum absolute atomic E-state index is 12.8. The van der Waals surface area contributed by atoms with Crippen LogP contribution >= 0.6 is 0 Å². The van der Waals surface area contributed by atoms with Crippen LogP contribution in [0.2, 0.25) is 0 Å². The summed E-state index contributed by atoms with van der Waals surface area (Å²) in [4.78, 5) is 38.1. The molecule has 42 heavy (non-hydrogen) atoms. The summed E-state index contributed by atoms with van der Waals surface area (Å²) >= 11 is 0. The minimum Gasteiger partial charge on any atom is -0.437 e. The molecule has 2 heterocycles. The van der Waals surface area contributed by atoms with Crippen LogP contribution in [0, 0.1) is 16.0 Å². The number of benzene rings is 2. The standard InChI is InChI=1S/C31H37N3O8/c1-21-28(41-30(35)39-3)27(25-11-7-12-26(20-25)34(37)38)29(22(2)32-21)42-31(36)40-18-8-15-33-16-13-24(14-17-33)19-23-9-5-4-6-10-23/h4-7,9-12,20,24,27,32H,8,13-19H2,1-3H3. The maximum Gasteiger partial charge on any atom is 0.513 e. The van der Waals surface area contributed by atoms with E-state index in [4.69, 9.17) is 14.2 Å². The van der Waals surface area contributed by atoms with Crippen molar-refractivity contribution in [2.24, 2.45) is 5.92 Å². The summed E-state index contributed by atoms with van der Waals surface area (Å²) in [6, 6.07) is 16.4. The Balaban J connectivity index is 1.33. The zero-order valence-electron chi connectivity index (χ0n) is 24.2. The highest BCUT2D eigenvalue weighted by Crippen LogP contribution is 2.40. The van der Waals surface area contributed by atoms with Gasteiger partial charge in [-0.3, -0.25) is 10.1 Å². The van der Waals surface area contributed by atoms with Gasteiger partial charge in [0.05, 0.1) is 30.0 Å². The van der Waals surface area contributed by atoms with Crippen molar-refractivity contribution in [1.29, 1.82) is 0 Å². The first-order valence-electron chi connectivity index (χ1n) is 14.0. The summed E-state index contributed by atoms with van der Waals surface area (Å²) in [6.07, 6.45) is 2.14. The van der Waals surface area contributed by atoms with Gasteiger partial charge in [0.15, 0.2) is 0 Å². The fourth-order valence-electron chi connectivity index (χ4n) is 5.40. The number of allylic oxidation sites excluding steroid dienone is 2. The predicted molar refractivity (Wildman–Crippen MR) is 154 cm³/mol. The van der Waals surface area contributed by atoms with Gasteiger partial charge >= 0.3 is 12.3 Å². The third kappa shape index (κ3) is 8.10. The van der Waals surface area contributed by atoms with Crippen molar-refractivity contribution in [2.45, 2.75) is 45.4 Å². The van der Waals surface area contributed by atoms with Crippen molar-refractivity contribution >= 4 is 18.0 Å². The van der Waals surface area contributed by atoms with E-state index in [1.165, 1.54) is 30.9 Å². The average molecular weight is 580 g/mol. The van der Waals surface area contributed by atoms with E-state index in [9.17, 15) is 19.7 Å². The summed E-state index contributed by atoms with van der Waals surface area (Å²) in [6.45, 7) is 6.37. The molecule has 2 aliphatic heterocycles. The zero-order chi connectivity index (χ0) is 30.1. The number of carbonyl (C=O) groups excluding carboxylic acids is 2. The second kappa shape index (κ2) is 14.5. The minimum atomic E-state index is -0.979. The van der Waals surface area contributed by atoms with Gasteiger partial charge in [-0.05, 0) is 69.7 Å². The van der Waals surface area contributed by atoms with Gasteiger partial charge in [-0.25, -0.2) is 9.59 Å². The lowest BCUT2D eigenvalue weighted by atomic mass is 9.90. The number of likely N-dealkylation sites (tertiary alicyclic amines) is 1. The summed E-state index contributed by atoms with van der Waals surface area (Å²) < 4.78 is 21.1. The van der Waals surface area contributed by atoms with Gasteiger partial charge in [-0.1, -0.05) is 42.5 Å². The number of ether oxygens (including phenoxy) is 4. The Morgan fingerprint density at radius 1 is 0.976 bits per heavy atom. The second-order valence-electron chi connectivity index (χ2n) is 10.5. The molecule has 1 atom stereocenters. The van der Waals surface area contributed by atoms with Gasteiger partial charge < -0.3 is 29.2 Å². The molecule has 0 spiro atoms. The highest BCUT2D eigenvalue weighted by atomic mass is 16.7. The van der Waals surface area contributed by atoms with Crippen molar-refractivity contribution in [1.82, 2.24) is 10.2 Å². The first-order chi connectivity index (χ1) is 20.2. The molecule has 4 rings (SSSR count). The van der Waals surface area contributed by atoms with E-state index in [-0.39, 0.29) is 23.8 Å². The van der Waals surface area contributed by atoms with E-state index in [2.05, 4.69) is 39.2 Å². The van der Waals surface area contributed by atoms with E-state index in [0.29, 0.717) is 29.3 Å². The lowest BCUT2D eigenvalue weighted by molar-refractivity contribution is -0.384. The van der Waals surface area contributed by atoms with Crippen LogP contribution in [0.5, 0.6) is 0 Å². The number of methoxy groups -OCH3 is 1. The lowest BCUT2D eigenvalue weighted by Gasteiger charge is -2.32. The Morgan fingerprint density at radius 2 is 1.64 bits per heavy atom. The largest absolute Gasteiger partial charge is 0.513 e. The summed E-state index contributed by atoms with van der Waals surface area (Å²) in [5.74, 6) is -0.0629. The van der Waals surface area contributed by atoms with E-state index in [1.807, 2.05) is 6.07 Å². The normalized spacial score (nSPS) is 17.8. The van der Waals surface area contributed by atoms with Crippen LogP contribution in [-0.2, 0) is 25.4 Å². The Labute approximate surface area is 245 Å². The van der Waals surface area contributed by atoms with Gasteiger partial charge in [0.2, 0.25) is 0 Å². The Morgan fingerprint density at radius 3 is 2.29 bits per heavy atom. The number of non-ortho nitro benzene ring substituents is 1. The third-order valence-corrected chi connectivity index (χ3v) is 7.52. The van der Waals surface area contributed by atoms with E-state index in [1.54, 1.807) is 19.9 Å². The van der Waals surface area contributed by atoms with Crippen LogP contribution in [0.15, 0.2) is 77.5 Å². The molecule has 11 nitrogen and oxygen atoms in total. The first-order valence-corrected chi connectivity index (χ1v) is 14.0. The Kier molecular flexibility index (Phi) is 10.6. The fraction of sp³-hybridized carbons (Fsp3) is 0.419. The molecule has 0 saturated carbocycles. The molecule has 2 aromatic carbocycles. The number of nitrogens with zero attached hydrogens (tertiary/aromatic N) is 2. The highest BCUT2D eigenvalue weighted by molar-refractivity contribution is 5.65. The van der Waals surface area contributed by atoms with Gasteiger partial charge in [0.25, 0.3) is 5.69 Å². The van der Waals surface area contributed by atoms with Gasteiger partial charge in [0, 0.05) is 18.7 Å². The SMILES string of the molecule is COC(=O)OC1=C(C)NC(C)=C(OC(=O)OCCCN2CCC(Cc3ccccc3)CC2)C1c1cccc([N+](=O)[O-])c1. The van der Waals surface area contributed by atoms with Crippen molar-refractivity contribution in [3.8, 4) is 0 Å². The summed E-state index contributed by atoms with van der Waals surface area (Å²) in [7, 11) is 1.17. The van der Waals surface area contributed by atoms with E-state index < -0.39 is 23.2 Å². The molecule has 2 aliphatic rings. The quantitative estimate of drug-likeness (QED) is 0.154. The van der Waals surface area contributed by atoms with Crippen molar-refractivity contribution in [3.05, 3.63) is 98.8 Å². The number of nitro benzene ring substituents is 1. The number of hydrogen-bond acceptors (Lipinski definition) is 10. The molecule has 0 aromatic heterocycles. The smallest absolute Gasteiger partial charge is 0.437 e. The number of nitro groups is 1. The molecular weight excluding hydrogens is 542 g/mol. The van der Waals surface area contributed by atoms with Crippen molar-refractivity contribution < 1.29 is 33.5 Å². The topological polar surface area (TPSA) is 129 Å². The lowest BCUT2D eigenvalue weighted by Crippen LogP contribution is -2.35. The van der Waals surface area contributed by atoms with Crippen LogP contribution in [0.1, 0.15) is 50.2 Å². The van der Waals surface area contributed by atoms with Gasteiger partial charge in [-0.2, -0.15) is 0 Å². The van der Waals surface area contributed by atoms with E-state index in [0.717, 1.165) is 38.9 Å². The highest BCUT2D eigenvalue weighted by Gasteiger charge is 2.36. The van der Waals surface area contributed by atoms with Crippen LogP contribution < -0.4 is 5.32 Å². The Bertz CT molecular complexity index is 1330. The second-order valence-corrected chi connectivity index (χ2v) is 10.5. The van der Waals surface area contributed by atoms with Crippen molar-refractivity contribution in [3.63, 3.8) is 0 Å². The fourth-order valence-corrected chi connectivity index (χ4v) is 5.40. The number of hydrogen-bond donors (Lipinski definition) is 1. The average Bonchev–Trinajstić information content (AvgIpc) is 2.99. The molecule has 0 radical (unpaired) electrons. The summed E-state index contributed by atoms with van der Waals surface area (Å²) in [5, 5.41) is 14.5. The molecule has 0 aliphatic carbocycles. The van der Waals surface area contributed by atoms with Crippen LogP contribution in [-0.4, -0.2) is 55.5 Å². The molecule has 1 unspecified atom stereocenters. The first kappa shape index (κ1) is 30.6. The molecular formula is C31H37N3O8. The molecule has 0 amide bonds.